The van der Waals surface area contributed by atoms with Gasteiger partial charge in [-0.2, -0.15) is 0 Å². The van der Waals surface area contributed by atoms with Crippen molar-refractivity contribution in [2.24, 2.45) is 0 Å². The van der Waals surface area contributed by atoms with Gasteiger partial charge in [-0.3, -0.25) is 4.79 Å². The Kier molecular flexibility index (Phi) is 4.04. The van der Waals surface area contributed by atoms with E-state index in [1.54, 1.807) is 0 Å². The van der Waals surface area contributed by atoms with Crippen LogP contribution in [0.1, 0.15) is 23.2 Å². The Hall–Kier alpha value is -1.15. The molecule has 1 aromatic carbocycles. The lowest BCUT2D eigenvalue weighted by Gasteiger charge is -2.23. The second-order valence-electron chi connectivity index (χ2n) is 4.91. The molecule has 1 rings (SSSR count). The molecule has 0 unspecified atom stereocenters. The second kappa shape index (κ2) is 5.08. The van der Waals surface area contributed by atoms with E-state index in [0.717, 1.165) is 23.0 Å². The van der Waals surface area contributed by atoms with Gasteiger partial charge in [0.05, 0.1) is 27.7 Å². The Balaban J connectivity index is 2.38. The van der Waals surface area contributed by atoms with Crippen molar-refractivity contribution in [2.75, 3.05) is 27.7 Å². The molecular weight excluding hydrogens is 186 g/mol. The molecule has 82 valence electrons. The third kappa shape index (κ3) is 4.75. The molecule has 0 saturated carbocycles. The molecule has 15 heavy (non-hydrogen) atoms. The molecule has 0 heterocycles. The minimum absolute atomic E-state index is 0.254. The highest BCUT2D eigenvalue weighted by atomic mass is 16.1. The van der Waals surface area contributed by atoms with Gasteiger partial charge in [-0.05, 0) is 0 Å². The van der Waals surface area contributed by atoms with Crippen LogP contribution in [0.5, 0.6) is 0 Å². The molecular formula is C13H20NO+. The van der Waals surface area contributed by atoms with Gasteiger partial charge in [0.1, 0.15) is 0 Å². The van der Waals surface area contributed by atoms with Gasteiger partial charge in [0.15, 0.2) is 5.78 Å². The van der Waals surface area contributed by atoms with Crippen LogP contribution in [0.3, 0.4) is 0 Å². The predicted molar refractivity (Wildman–Crippen MR) is 62.9 cm³/mol. The number of rotatable bonds is 5. The van der Waals surface area contributed by atoms with E-state index in [2.05, 4.69) is 21.1 Å². The summed E-state index contributed by atoms with van der Waals surface area (Å²) in [4.78, 5) is 11.7. The first-order valence-corrected chi connectivity index (χ1v) is 5.38. The average Bonchev–Trinajstić information content (AvgIpc) is 2.17. The van der Waals surface area contributed by atoms with Crippen molar-refractivity contribution >= 4 is 5.78 Å². The van der Waals surface area contributed by atoms with Crippen molar-refractivity contribution in [3.63, 3.8) is 0 Å². The van der Waals surface area contributed by atoms with Crippen molar-refractivity contribution in [3.8, 4) is 0 Å². The summed E-state index contributed by atoms with van der Waals surface area (Å²) in [6.07, 6.45) is 1.61. The number of carbonyl (C=O) groups is 1. The summed E-state index contributed by atoms with van der Waals surface area (Å²) in [5.74, 6) is 0.254. The van der Waals surface area contributed by atoms with E-state index >= 15 is 0 Å². The standard InChI is InChI=1S/C13H20NO/c1-14(2,3)11-7-10-13(15)12-8-5-4-6-9-12/h4-6,8-9H,7,10-11H2,1-3H3/q+1. The molecule has 0 aromatic heterocycles. The summed E-state index contributed by atoms with van der Waals surface area (Å²) in [5.41, 5.74) is 0.832. The Morgan fingerprint density at radius 3 is 2.27 bits per heavy atom. The van der Waals surface area contributed by atoms with Crippen molar-refractivity contribution in [1.29, 1.82) is 0 Å². The Morgan fingerprint density at radius 1 is 1.13 bits per heavy atom. The van der Waals surface area contributed by atoms with Crippen LogP contribution in [0.15, 0.2) is 30.3 Å². The predicted octanol–water partition coefficient (Wildman–Crippen LogP) is 2.36. The van der Waals surface area contributed by atoms with E-state index in [4.69, 9.17) is 0 Å². The molecule has 0 fully saturated rings. The number of carbonyl (C=O) groups excluding carboxylic acids is 1. The highest BCUT2D eigenvalue weighted by molar-refractivity contribution is 5.95. The van der Waals surface area contributed by atoms with Crippen LogP contribution in [0.2, 0.25) is 0 Å². The fraction of sp³-hybridized carbons (Fsp3) is 0.462. The van der Waals surface area contributed by atoms with Crippen LogP contribution in [-0.4, -0.2) is 38.0 Å². The Morgan fingerprint density at radius 2 is 1.73 bits per heavy atom. The zero-order chi connectivity index (χ0) is 11.3. The van der Waals surface area contributed by atoms with E-state index in [-0.39, 0.29) is 5.78 Å². The molecule has 2 nitrogen and oxygen atoms in total. The summed E-state index contributed by atoms with van der Waals surface area (Å²) in [7, 11) is 6.44. The van der Waals surface area contributed by atoms with E-state index in [0.29, 0.717) is 6.42 Å². The number of Topliss-reactive ketones (excluding diaryl/α,β-unsaturated/α-hetero) is 1. The SMILES string of the molecule is C[N+](C)(C)CCCC(=O)c1ccccc1. The van der Waals surface area contributed by atoms with Crippen molar-refractivity contribution < 1.29 is 9.28 Å². The van der Waals surface area contributed by atoms with Gasteiger partial charge < -0.3 is 4.48 Å². The maximum atomic E-state index is 11.7. The van der Waals surface area contributed by atoms with Crippen molar-refractivity contribution in [3.05, 3.63) is 35.9 Å². The van der Waals surface area contributed by atoms with Crippen LogP contribution >= 0.6 is 0 Å². The lowest BCUT2D eigenvalue weighted by Crippen LogP contribution is -2.35. The highest BCUT2D eigenvalue weighted by Crippen LogP contribution is 2.06. The van der Waals surface area contributed by atoms with Crippen LogP contribution < -0.4 is 0 Å². The van der Waals surface area contributed by atoms with Crippen molar-refractivity contribution in [2.45, 2.75) is 12.8 Å². The smallest absolute Gasteiger partial charge is 0.163 e. The first-order chi connectivity index (χ1) is 6.99. The molecule has 0 aliphatic carbocycles. The van der Waals surface area contributed by atoms with Gasteiger partial charge in [0.2, 0.25) is 0 Å². The quantitative estimate of drug-likeness (QED) is 0.534. The van der Waals surface area contributed by atoms with Crippen LogP contribution in [-0.2, 0) is 0 Å². The van der Waals surface area contributed by atoms with E-state index in [1.807, 2.05) is 30.3 Å². The molecule has 0 radical (unpaired) electrons. The van der Waals surface area contributed by atoms with Gasteiger partial charge in [-0.25, -0.2) is 0 Å². The van der Waals surface area contributed by atoms with E-state index < -0.39 is 0 Å². The highest BCUT2D eigenvalue weighted by Gasteiger charge is 2.09. The molecule has 0 saturated heterocycles. The Bertz CT molecular complexity index is 311. The summed E-state index contributed by atoms with van der Waals surface area (Å²) in [6, 6.07) is 9.52. The average molecular weight is 206 g/mol. The molecule has 0 N–H and O–H groups in total. The molecule has 1 aromatic rings. The zero-order valence-corrected chi connectivity index (χ0v) is 9.86. The summed E-state index contributed by atoms with van der Waals surface area (Å²) >= 11 is 0. The number of ketones is 1. The zero-order valence-electron chi connectivity index (χ0n) is 9.86. The number of benzene rings is 1. The van der Waals surface area contributed by atoms with Gasteiger partial charge in [-0.15, -0.1) is 0 Å². The molecule has 2 heteroatoms. The monoisotopic (exact) mass is 206 g/mol. The van der Waals surface area contributed by atoms with Gasteiger partial charge >= 0.3 is 0 Å². The third-order valence-electron chi connectivity index (χ3n) is 2.33. The normalized spacial score (nSPS) is 11.4. The van der Waals surface area contributed by atoms with E-state index in [1.165, 1.54) is 0 Å². The number of hydrogen-bond acceptors (Lipinski definition) is 1. The first-order valence-electron chi connectivity index (χ1n) is 5.38. The van der Waals surface area contributed by atoms with Crippen LogP contribution in [0, 0.1) is 0 Å². The molecule has 0 aliphatic rings. The fourth-order valence-electron chi connectivity index (χ4n) is 1.48. The summed E-state index contributed by atoms with van der Waals surface area (Å²) in [5, 5.41) is 0. The number of quaternary nitrogens is 1. The van der Waals surface area contributed by atoms with Crippen LogP contribution in [0.25, 0.3) is 0 Å². The minimum Gasteiger partial charge on any atom is -0.331 e. The molecule has 0 spiro atoms. The van der Waals surface area contributed by atoms with Gasteiger partial charge in [-0.1, -0.05) is 30.3 Å². The summed E-state index contributed by atoms with van der Waals surface area (Å²) in [6.45, 7) is 1.04. The largest absolute Gasteiger partial charge is 0.331 e. The third-order valence-corrected chi connectivity index (χ3v) is 2.33. The molecule has 0 bridgehead atoms. The lowest BCUT2D eigenvalue weighted by molar-refractivity contribution is -0.870. The topological polar surface area (TPSA) is 17.1 Å². The molecule has 0 aliphatic heterocycles. The van der Waals surface area contributed by atoms with Gasteiger partial charge in [0.25, 0.3) is 0 Å². The van der Waals surface area contributed by atoms with Crippen LogP contribution in [0.4, 0.5) is 0 Å². The number of hydrogen-bond donors (Lipinski definition) is 0. The second-order valence-corrected chi connectivity index (χ2v) is 4.91. The maximum Gasteiger partial charge on any atom is 0.163 e. The molecule has 0 atom stereocenters. The first kappa shape index (κ1) is 11.9. The maximum absolute atomic E-state index is 11.7. The molecule has 0 amide bonds. The minimum atomic E-state index is 0.254. The summed E-state index contributed by atoms with van der Waals surface area (Å²) < 4.78 is 0.919. The lowest BCUT2D eigenvalue weighted by atomic mass is 10.1. The van der Waals surface area contributed by atoms with Crippen molar-refractivity contribution in [1.82, 2.24) is 0 Å². The fourth-order valence-corrected chi connectivity index (χ4v) is 1.48. The van der Waals surface area contributed by atoms with Gasteiger partial charge in [0, 0.05) is 18.4 Å². The number of nitrogens with zero attached hydrogens (tertiary/aromatic N) is 1. The Labute approximate surface area is 92.1 Å². The van der Waals surface area contributed by atoms with E-state index in [9.17, 15) is 4.79 Å².